The van der Waals surface area contributed by atoms with Crippen molar-refractivity contribution < 1.29 is 4.74 Å². The fourth-order valence-electron chi connectivity index (χ4n) is 3.51. The summed E-state index contributed by atoms with van der Waals surface area (Å²) in [5.41, 5.74) is 14.0. The van der Waals surface area contributed by atoms with E-state index in [0.717, 1.165) is 44.7 Å². The highest BCUT2D eigenvalue weighted by Crippen LogP contribution is 2.26. The topological polar surface area (TPSA) is 135 Å². The van der Waals surface area contributed by atoms with Gasteiger partial charge in [0, 0.05) is 30.4 Å². The molecule has 2 aliphatic rings. The molecule has 2 heterocycles. The van der Waals surface area contributed by atoms with Crippen molar-refractivity contribution in [2.75, 3.05) is 43.1 Å². The molecule has 156 valence electrons. The van der Waals surface area contributed by atoms with Crippen molar-refractivity contribution in [1.82, 2.24) is 15.3 Å². The van der Waals surface area contributed by atoms with E-state index >= 15 is 0 Å². The summed E-state index contributed by atoms with van der Waals surface area (Å²) in [5.74, 6) is 0.964. The molecule has 2 fully saturated rings. The second-order valence-corrected chi connectivity index (χ2v) is 7.32. The van der Waals surface area contributed by atoms with E-state index in [1.165, 1.54) is 25.6 Å². The number of rotatable bonds is 4. The van der Waals surface area contributed by atoms with Gasteiger partial charge in [-0.3, -0.25) is 5.41 Å². The van der Waals surface area contributed by atoms with Crippen molar-refractivity contribution in [2.24, 2.45) is 0 Å². The summed E-state index contributed by atoms with van der Waals surface area (Å²) in [5, 5.41) is 15.1. The lowest BCUT2D eigenvalue weighted by Gasteiger charge is -2.24. The van der Waals surface area contributed by atoms with Crippen molar-refractivity contribution >= 4 is 23.0 Å². The number of ether oxygens (including phenoxy) is 1. The van der Waals surface area contributed by atoms with Crippen LogP contribution < -0.4 is 22.1 Å². The summed E-state index contributed by atoms with van der Waals surface area (Å²) in [6, 6.07) is 7.56. The molecule has 2 aromatic rings. The molecule has 1 aliphatic heterocycles. The number of hydrogen-bond acceptors (Lipinski definition) is 8. The maximum atomic E-state index is 8.50. The Balaban J connectivity index is 0.000000343. The van der Waals surface area contributed by atoms with Gasteiger partial charge in [0.15, 0.2) is 0 Å². The van der Waals surface area contributed by atoms with Gasteiger partial charge in [-0.2, -0.15) is 0 Å². The Morgan fingerprint density at radius 1 is 1.03 bits per heavy atom. The molecule has 0 radical (unpaired) electrons. The van der Waals surface area contributed by atoms with Crippen LogP contribution in [-0.4, -0.2) is 48.0 Å². The molecule has 0 amide bonds. The van der Waals surface area contributed by atoms with E-state index in [2.05, 4.69) is 20.6 Å². The van der Waals surface area contributed by atoms with Gasteiger partial charge in [-0.25, -0.2) is 9.97 Å². The number of benzene rings is 1. The third kappa shape index (κ3) is 6.13. The Bertz CT molecular complexity index is 773. The first-order chi connectivity index (χ1) is 14.1. The quantitative estimate of drug-likeness (QED) is 0.395. The van der Waals surface area contributed by atoms with E-state index in [1.54, 1.807) is 12.1 Å². The van der Waals surface area contributed by atoms with Gasteiger partial charge < -0.3 is 26.8 Å². The number of morpholine rings is 1. The molecular formula is C21H31N7O. The average molecular weight is 398 g/mol. The van der Waals surface area contributed by atoms with E-state index in [0.29, 0.717) is 34.6 Å². The summed E-state index contributed by atoms with van der Waals surface area (Å²) < 4.78 is 5.01. The summed E-state index contributed by atoms with van der Waals surface area (Å²) in [7, 11) is 0. The Hall–Kier alpha value is -2.71. The first-order valence-corrected chi connectivity index (χ1v) is 10.3. The zero-order valence-corrected chi connectivity index (χ0v) is 16.8. The van der Waals surface area contributed by atoms with E-state index in [9.17, 15) is 0 Å². The SMILES string of the molecule is C1COCCN1.N=C(c1ccc(N)cc1)c1c(N)ncnc1NC1CCCCC1. The predicted octanol–water partition coefficient (Wildman–Crippen LogP) is 2.41. The Morgan fingerprint density at radius 2 is 1.72 bits per heavy atom. The lowest BCUT2D eigenvalue weighted by molar-refractivity contribution is 0.109. The second kappa shape index (κ2) is 10.7. The molecule has 1 saturated heterocycles. The zero-order chi connectivity index (χ0) is 20.5. The van der Waals surface area contributed by atoms with Gasteiger partial charge in [-0.15, -0.1) is 0 Å². The molecule has 1 aliphatic carbocycles. The monoisotopic (exact) mass is 397 g/mol. The lowest BCUT2D eigenvalue weighted by Crippen LogP contribution is -2.30. The van der Waals surface area contributed by atoms with Crippen LogP contribution >= 0.6 is 0 Å². The van der Waals surface area contributed by atoms with Crippen LogP contribution in [0.2, 0.25) is 0 Å². The average Bonchev–Trinajstić information content (AvgIpc) is 2.76. The van der Waals surface area contributed by atoms with Gasteiger partial charge in [0.25, 0.3) is 0 Å². The van der Waals surface area contributed by atoms with Crippen LogP contribution in [0.15, 0.2) is 30.6 Å². The van der Waals surface area contributed by atoms with E-state index in [1.807, 2.05) is 12.1 Å². The van der Waals surface area contributed by atoms with Gasteiger partial charge in [0.2, 0.25) is 0 Å². The number of nitrogens with two attached hydrogens (primary N) is 2. The lowest BCUT2D eigenvalue weighted by atomic mass is 9.95. The molecule has 0 spiro atoms. The molecule has 1 saturated carbocycles. The van der Waals surface area contributed by atoms with Crippen molar-refractivity contribution in [3.8, 4) is 0 Å². The second-order valence-electron chi connectivity index (χ2n) is 7.32. The highest BCUT2D eigenvalue weighted by Gasteiger charge is 2.20. The normalized spacial score (nSPS) is 17.1. The summed E-state index contributed by atoms with van der Waals surface area (Å²) >= 11 is 0. The van der Waals surface area contributed by atoms with Crippen LogP contribution in [0, 0.1) is 5.41 Å². The predicted molar refractivity (Wildman–Crippen MR) is 117 cm³/mol. The van der Waals surface area contributed by atoms with Gasteiger partial charge in [0.1, 0.15) is 18.0 Å². The molecule has 0 bridgehead atoms. The van der Waals surface area contributed by atoms with Crippen molar-refractivity contribution in [1.29, 1.82) is 5.41 Å². The van der Waals surface area contributed by atoms with Crippen LogP contribution in [-0.2, 0) is 4.74 Å². The highest BCUT2D eigenvalue weighted by molar-refractivity contribution is 6.16. The third-order valence-corrected chi connectivity index (χ3v) is 5.12. The molecule has 29 heavy (non-hydrogen) atoms. The van der Waals surface area contributed by atoms with Crippen molar-refractivity contribution in [3.05, 3.63) is 41.7 Å². The van der Waals surface area contributed by atoms with Crippen LogP contribution in [0.3, 0.4) is 0 Å². The molecule has 1 aromatic carbocycles. The minimum absolute atomic E-state index is 0.307. The minimum Gasteiger partial charge on any atom is -0.399 e. The number of nitrogen functional groups attached to an aromatic ring is 2. The van der Waals surface area contributed by atoms with Crippen molar-refractivity contribution in [3.63, 3.8) is 0 Å². The van der Waals surface area contributed by atoms with Crippen LogP contribution in [0.25, 0.3) is 0 Å². The smallest absolute Gasteiger partial charge is 0.141 e. The Labute approximate surface area is 172 Å². The third-order valence-electron chi connectivity index (χ3n) is 5.12. The van der Waals surface area contributed by atoms with Gasteiger partial charge in [-0.1, -0.05) is 31.4 Å². The van der Waals surface area contributed by atoms with Crippen LogP contribution in [0.5, 0.6) is 0 Å². The van der Waals surface area contributed by atoms with Gasteiger partial charge in [0.05, 0.1) is 24.5 Å². The summed E-state index contributed by atoms with van der Waals surface area (Å²) in [6.45, 7) is 3.83. The summed E-state index contributed by atoms with van der Waals surface area (Å²) in [4.78, 5) is 8.39. The van der Waals surface area contributed by atoms with E-state index in [-0.39, 0.29) is 0 Å². The molecule has 7 N–H and O–H groups in total. The zero-order valence-electron chi connectivity index (χ0n) is 16.8. The van der Waals surface area contributed by atoms with Crippen LogP contribution in [0.1, 0.15) is 43.2 Å². The Morgan fingerprint density at radius 3 is 2.31 bits per heavy atom. The first kappa shape index (κ1) is 21.0. The fourth-order valence-corrected chi connectivity index (χ4v) is 3.51. The van der Waals surface area contributed by atoms with Crippen molar-refractivity contribution in [2.45, 2.75) is 38.1 Å². The first-order valence-electron chi connectivity index (χ1n) is 10.3. The maximum absolute atomic E-state index is 8.50. The fraction of sp³-hybridized carbons (Fsp3) is 0.476. The number of hydrogen-bond donors (Lipinski definition) is 5. The highest BCUT2D eigenvalue weighted by atomic mass is 16.5. The van der Waals surface area contributed by atoms with Gasteiger partial charge in [-0.05, 0) is 25.0 Å². The molecule has 8 heteroatoms. The molecule has 0 unspecified atom stereocenters. The molecule has 1 aromatic heterocycles. The molecule has 0 atom stereocenters. The molecule has 8 nitrogen and oxygen atoms in total. The maximum Gasteiger partial charge on any atom is 0.141 e. The Kier molecular flexibility index (Phi) is 7.77. The van der Waals surface area contributed by atoms with Gasteiger partial charge >= 0.3 is 0 Å². The largest absolute Gasteiger partial charge is 0.399 e. The van der Waals surface area contributed by atoms with E-state index in [4.69, 9.17) is 21.6 Å². The number of aromatic nitrogens is 2. The van der Waals surface area contributed by atoms with Crippen LogP contribution in [0.4, 0.5) is 17.3 Å². The summed E-state index contributed by atoms with van der Waals surface area (Å²) in [6.07, 6.45) is 7.43. The number of nitrogens with one attached hydrogen (secondary N) is 3. The number of anilines is 3. The molecule has 4 rings (SSSR count). The van der Waals surface area contributed by atoms with E-state index < -0.39 is 0 Å². The number of nitrogens with zero attached hydrogens (tertiary/aromatic N) is 2. The minimum atomic E-state index is 0.307. The molecular weight excluding hydrogens is 366 g/mol. The standard InChI is InChI=1S/C17H22N6.C4H9NO/c18-12-8-6-11(7-9-12)15(19)14-16(20)21-10-22-17(14)23-13-4-2-1-3-5-13;1-3-6-4-2-5-1/h6-10,13,19H,1-5,18H2,(H3,20,21,22,23);5H,1-4H2.